The van der Waals surface area contributed by atoms with Gasteiger partial charge in [-0.1, -0.05) is 0 Å². The molecule has 2 aliphatic rings. The number of nitrogens with one attached hydrogen (secondary N) is 2. The molecule has 110 valence electrons. The molecule has 0 saturated carbocycles. The molecular weight excluding hydrogens is 244 g/mol. The van der Waals surface area contributed by atoms with Gasteiger partial charge in [0.1, 0.15) is 5.60 Å². The smallest absolute Gasteiger partial charge is 0.407 e. The van der Waals surface area contributed by atoms with Gasteiger partial charge in [0.2, 0.25) is 0 Å². The molecule has 0 spiro atoms. The first-order valence-corrected chi connectivity index (χ1v) is 7.27. The van der Waals surface area contributed by atoms with Gasteiger partial charge in [0.25, 0.3) is 0 Å². The number of alkyl carbamates (subject to hydrolysis) is 1. The standard InChI is InChI=1S/C14H26N2O3/c1-14(2,3)19-13(17)16-11-6-9-18-12(11)10-4-7-15-8-5-10/h10-12,15H,4-9H2,1-3H3,(H,16,17). The fraction of sp³-hybridized carbons (Fsp3) is 0.929. The minimum Gasteiger partial charge on any atom is -0.444 e. The van der Waals surface area contributed by atoms with E-state index in [4.69, 9.17) is 9.47 Å². The average Bonchev–Trinajstić information content (AvgIpc) is 2.75. The molecule has 1 amide bonds. The summed E-state index contributed by atoms with van der Waals surface area (Å²) < 4.78 is 11.2. The van der Waals surface area contributed by atoms with E-state index in [1.54, 1.807) is 0 Å². The molecule has 5 heteroatoms. The number of carbonyl (C=O) groups is 1. The number of rotatable bonds is 2. The van der Waals surface area contributed by atoms with Crippen molar-refractivity contribution in [3.63, 3.8) is 0 Å². The molecule has 2 saturated heterocycles. The molecule has 19 heavy (non-hydrogen) atoms. The Morgan fingerprint density at radius 3 is 2.58 bits per heavy atom. The highest BCUT2D eigenvalue weighted by Gasteiger charge is 2.36. The van der Waals surface area contributed by atoms with Crippen LogP contribution in [0.1, 0.15) is 40.0 Å². The zero-order valence-electron chi connectivity index (χ0n) is 12.2. The molecule has 2 heterocycles. The number of carbonyl (C=O) groups excluding carboxylic acids is 1. The van der Waals surface area contributed by atoms with Crippen molar-refractivity contribution in [3.05, 3.63) is 0 Å². The maximum absolute atomic E-state index is 11.8. The summed E-state index contributed by atoms with van der Waals surface area (Å²) in [5, 5.41) is 6.33. The van der Waals surface area contributed by atoms with E-state index < -0.39 is 5.60 Å². The van der Waals surface area contributed by atoms with Gasteiger partial charge in [-0.05, 0) is 59.0 Å². The molecule has 2 atom stereocenters. The largest absolute Gasteiger partial charge is 0.444 e. The lowest BCUT2D eigenvalue weighted by Crippen LogP contribution is -2.47. The molecule has 5 nitrogen and oxygen atoms in total. The van der Waals surface area contributed by atoms with Crippen molar-refractivity contribution in [3.8, 4) is 0 Å². The van der Waals surface area contributed by atoms with Crippen molar-refractivity contribution >= 4 is 6.09 Å². The first-order valence-electron chi connectivity index (χ1n) is 7.27. The van der Waals surface area contributed by atoms with Crippen LogP contribution >= 0.6 is 0 Å². The second kappa shape index (κ2) is 6.09. The molecule has 2 unspecified atom stereocenters. The van der Waals surface area contributed by atoms with E-state index in [1.807, 2.05) is 20.8 Å². The maximum Gasteiger partial charge on any atom is 0.407 e. The molecule has 2 fully saturated rings. The van der Waals surface area contributed by atoms with E-state index in [0.29, 0.717) is 5.92 Å². The lowest BCUT2D eigenvalue weighted by atomic mass is 9.88. The molecular formula is C14H26N2O3. The minimum atomic E-state index is -0.451. The number of piperidine rings is 1. The van der Waals surface area contributed by atoms with Crippen molar-refractivity contribution in [2.75, 3.05) is 19.7 Å². The Bertz CT molecular complexity index is 308. The molecule has 2 N–H and O–H groups in total. The van der Waals surface area contributed by atoms with Crippen LogP contribution in [0, 0.1) is 5.92 Å². The second-order valence-corrected chi connectivity index (χ2v) is 6.46. The van der Waals surface area contributed by atoms with Crippen LogP contribution in [-0.4, -0.2) is 43.5 Å². The summed E-state index contributed by atoms with van der Waals surface area (Å²) >= 11 is 0. The van der Waals surface area contributed by atoms with Crippen molar-refractivity contribution in [2.45, 2.75) is 57.8 Å². The van der Waals surface area contributed by atoms with Gasteiger partial charge >= 0.3 is 6.09 Å². The fourth-order valence-electron chi connectivity index (χ4n) is 2.86. The van der Waals surface area contributed by atoms with Gasteiger partial charge in [0.05, 0.1) is 12.1 Å². The van der Waals surface area contributed by atoms with Crippen LogP contribution in [0.25, 0.3) is 0 Å². The van der Waals surface area contributed by atoms with Gasteiger partial charge < -0.3 is 20.1 Å². The third kappa shape index (κ3) is 4.35. The second-order valence-electron chi connectivity index (χ2n) is 6.46. The number of hydrogen-bond acceptors (Lipinski definition) is 4. The van der Waals surface area contributed by atoms with Crippen molar-refractivity contribution in [1.29, 1.82) is 0 Å². The van der Waals surface area contributed by atoms with Crippen LogP contribution in [0.15, 0.2) is 0 Å². The van der Waals surface area contributed by atoms with Gasteiger partial charge in [-0.2, -0.15) is 0 Å². The van der Waals surface area contributed by atoms with Gasteiger partial charge in [0.15, 0.2) is 0 Å². The number of hydrogen-bond donors (Lipinski definition) is 2. The number of amides is 1. The lowest BCUT2D eigenvalue weighted by molar-refractivity contribution is 0.0258. The van der Waals surface area contributed by atoms with Gasteiger partial charge in [-0.3, -0.25) is 0 Å². The first-order chi connectivity index (χ1) is 8.96. The van der Waals surface area contributed by atoms with Crippen molar-refractivity contribution in [2.24, 2.45) is 5.92 Å². The van der Waals surface area contributed by atoms with E-state index in [2.05, 4.69) is 10.6 Å². The van der Waals surface area contributed by atoms with Gasteiger partial charge in [0, 0.05) is 6.61 Å². The Kier molecular flexibility index (Phi) is 4.68. The van der Waals surface area contributed by atoms with E-state index >= 15 is 0 Å². The molecule has 0 aliphatic carbocycles. The third-order valence-electron chi connectivity index (χ3n) is 3.69. The third-order valence-corrected chi connectivity index (χ3v) is 3.69. The first kappa shape index (κ1) is 14.6. The predicted octanol–water partition coefficient (Wildman–Crippen LogP) is 1.67. The summed E-state index contributed by atoms with van der Waals surface area (Å²) in [6, 6.07) is 0.0953. The van der Waals surface area contributed by atoms with Crippen LogP contribution < -0.4 is 10.6 Å². The van der Waals surface area contributed by atoms with E-state index in [9.17, 15) is 4.79 Å². The lowest BCUT2D eigenvalue weighted by Gasteiger charge is -2.31. The quantitative estimate of drug-likeness (QED) is 0.801. The fourth-order valence-corrected chi connectivity index (χ4v) is 2.86. The van der Waals surface area contributed by atoms with Crippen LogP contribution in [0.3, 0.4) is 0 Å². The molecule has 0 radical (unpaired) electrons. The highest BCUT2D eigenvalue weighted by molar-refractivity contribution is 5.68. The van der Waals surface area contributed by atoms with Crippen LogP contribution in [-0.2, 0) is 9.47 Å². The normalized spacial score (nSPS) is 29.2. The summed E-state index contributed by atoms with van der Waals surface area (Å²) in [6.07, 6.45) is 2.94. The van der Waals surface area contributed by atoms with E-state index in [0.717, 1.165) is 39.0 Å². The highest BCUT2D eigenvalue weighted by Crippen LogP contribution is 2.27. The summed E-state index contributed by atoms with van der Waals surface area (Å²) in [5.74, 6) is 0.545. The van der Waals surface area contributed by atoms with Gasteiger partial charge in [-0.25, -0.2) is 4.79 Å². The Balaban J connectivity index is 1.86. The van der Waals surface area contributed by atoms with Crippen molar-refractivity contribution in [1.82, 2.24) is 10.6 Å². The summed E-state index contributed by atoms with van der Waals surface area (Å²) in [5.41, 5.74) is -0.451. The summed E-state index contributed by atoms with van der Waals surface area (Å²) in [6.45, 7) is 8.45. The maximum atomic E-state index is 11.8. The molecule has 0 aromatic carbocycles. The van der Waals surface area contributed by atoms with Crippen LogP contribution in [0.5, 0.6) is 0 Å². The minimum absolute atomic E-state index is 0.0953. The molecule has 2 aliphatic heterocycles. The molecule has 0 aromatic rings. The zero-order valence-corrected chi connectivity index (χ0v) is 12.2. The molecule has 2 rings (SSSR count). The van der Waals surface area contributed by atoms with Crippen LogP contribution in [0.4, 0.5) is 4.79 Å². The molecule has 0 bridgehead atoms. The Morgan fingerprint density at radius 1 is 1.26 bits per heavy atom. The zero-order chi connectivity index (χ0) is 13.9. The van der Waals surface area contributed by atoms with Crippen molar-refractivity contribution < 1.29 is 14.3 Å². The molecule has 0 aromatic heterocycles. The highest BCUT2D eigenvalue weighted by atomic mass is 16.6. The van der Waals surface area contributed by atoms with E-state index in [-0.39, 0.29) is 18.2 Å². The summed E-state index contributed by atoms with van der Waals surface area (Å²) in [4.78, 5) is 11.8. The Hall–Kier alpha value is -0.810. The summed E-state index contributed by atoms with van der Waals surface area (Å²) in [7, 11) is 0. The predicted molar refractivity (Wildman–Crippen MR) is 73.1 cm³/mol. The average molecular weight is 270 g/mol. The monoisotopic (exact) mass is 270 g/mol. The topological polar surface area (TPSA) is 59.6 Å². The number of ether oxygens (including phenoxy) is 2. The van der Waals surface area contributed by atoms with Crippen LogP contribution in [0.2, 0.25) is 0 Å². The van der Waals surface area contributed by atoms with Gasteiger partial charge in [-0.15, -0.1) is 0 Å². The Morgan fingerprint density at radius 2 is 1.95 bits per heavy atom. The Labute approximate surface area is 115 Å². The SMILES string of the molecule is CC(C)(C)OC(=O)NC1CCOC1C1CCNCC1. The van der Waals surface area contributed by atoms with E-state index in [1.165, 1.54) is 0 Å².